The molecule has 1 aliphatic carbocycles. The van der Waals surface area contributed by atoms with E-state index in [-0.39, 0.29) is 5.90 Å². The van der Waals surface area contributed by atoms with E-state index in [4.69, 9.17) is 26.5 Å². The maximum absolute atomic E-state index is 10.3. The number of nitrogens with one attached hydrogen (secondary N) is 1. The Bertz CT molecular complexity index is 960. The zero-order valence-corrected chi connectivity index (χ0v) is 16.2. The molecule has 1 aromatic rings. The minimum absolute atomic E-state index is 0.330. The Labute approximate surface area is 168 Å². The lowest BCUT2D eigenvalue weighted by Crippen LogP contribution is -2.61. The van der Waals surface area contributed by atoms with Crippen molar-refractivity contribution in [2.24, 2.45) is 22.7 Å². The highest BCUT2D eigenvalue weighted by Crippen LogP contribution is 2.70. The molecule has 0 aromatic heterocycles. The fraction of sp³-hybridized carbons (Fsp3) is 0.524. The number of rotatable bonds is 2. The summed E-state index contributed by atoms with van der Waals surface area (Å²) >= 11 is 6.38. The molecular weight excluding hydrogens is 376 g/mol. The molecule has 5 unspecified atom stereocenters. The highest BCUT2D eigenvalue weighted by atomic mass is 35.5. The van der Waals surface area contributed by atoms with E-state index in [0.717, 1.165) is 12.8 Å². The van der Waals surface area contributed by atoms with Crippen LogP contribution in [0.4, 0.5) is 0 Å². The topological polar surface area (TPSA) is 114 Å². The van der Waals surface area contributed by atoms with E-state index in [1.807, 2.05) is 0 Å². The van der Waals surface area contributed by atoms with Crippen LogP contribution in [-0.4, -0.2) is 11.7 Å². The van der Waals surface area contributed by atoms with E-state index in [1.165, 1.54) is 0 Å². The van der Waals surface area contributed by atoms with Crippen molar-refractivity contribution in [2.75, 3.05) is 0 Å². The first-order valence-electron chi connectivity index (χ1n) is 9.38. The lowest BCUT2D eigenvalue weighted by molar-refractivity contribution is -0.299. The van der Waals surface area contributed by atoms with Crippen molar-refractivity contribution in [1.29, 1.82) is 21.2 Å². The molecule has 3 fully saturated rings. The van der Waals surface area contributed by atoms with Gasteiger partial charge >= 0.3 is 0 Å². The normalized spacial score (nSPS) is 37.7. The maximum atomic E-state index is 10.3. The van der Waals surface area contributed by atoms with Crippen LogP contribution in [0, 0.1) is 62.1 Å². The third kappa shape index (κ3) is 2.01. The lowest BCUT2D eigenvalue weighted by Gasteiger charge is -2.52. The first-order valence-corrected chi connectivity index (χ1v) is 9.76. The number of hydrogen-bond donors (Lipinski definition) is 1. The van der Waals surface area contributed by atoms with Crippen LogP contribution in [0.25, 0.3) is 0 Å². The van der Waals surface area contributed by atoms with E-state index in [1.54, 1.807) is 24.3 Å². The minimum atomic E-state index is -1.94. The van der Waals surface area contributed by atoms with Crippen LogP contribution in [0.3, 0.4) is 0 Å². The number of ether oxygens (including phenoxy) is 2. The van der Waals surface area contributed by atoms with Gasteiger partial charge in [0, 0.05) is 17.0 Å². The van der Waals surface area contributed by atoms with Crippen LogP contribution in [0.15, 0.2) is 24.3 Å². The van der Waals surface area contributed by atoms with Gasteiger partial charge in [0.25, 0.3) is 0 Å². The molecule has 1 aromatic carbocycles. The predicted octanol–water partition coefficient (Wildman–Crippen LogP) is 4.48. The number of hydrogen-bond acceptors (Lipinski definition) is 6. The predicted molar refractivity (Wildman–Crippen MR) is 99.6 cm³/mol. The summed E-state index contributed by atoms with van der Waals surface area (Å²) in [7, 11) is 0. The molecule has 0 radical (unpaired) electrons. The molecule has 3 aliphatic rings. The molecule has 28 heavy (non-hydrogen) atoms. The molecule has 1 saturated carbocycles. The summed E-state index contributed by atoms with van der Waals surface area (Å²) in [6, 6.07) is 13.2. The smallest absolute Gasteiger partial charge is 0.217 e. The second kappa shape index (κ2) is 6.21. The summed E-state index contributed by atoms with van der Waals surface area (Å²) in [6.45, 7) is 2.08. The fourth-order valence-corrected chi connectivity index (χ4v) is 5.49. The first-order chi connectivity index (χ1) is 13.4. The Morgan fingerprint density at radius 3 is 2.54 bits per heavy atom. The first kappa shape index (κ1) is 18.8. The van der Waals surface area contributed by atoms with Gasteiger partial charge in [-0.15, -0.1) is 0 Å². The summed E-state index contributed by atoms with van der Waals surface area (Å²) in [6.07, 6.45) is 1.75. The average molecular weight is 395 g/mol. The molecule has 6 nitrogen and oxygen atoms in total. The van der Waals surface area contributed by atoms with Crippen molar-refractivity contribution in [3.05, 3.63) is 34.9 Å². The van der Waals surface area contributed by atoms with E-state index in [2.05, 4.69) is 25.1 Å². The monoisotopic (exact) mass is 394 g/mol. The summed E-state index contributed by atoms with van der Waals surface area (Å²) in [5, 5.41) is 39.6. The van der Waals surface area contributed by atoms with Crippen LogP contribution in [0.2, 0.25) is 5.02 Å². The zero-order chi connectivity index (χ0) is 20.2. The van der Waals surface area contributed by atoms with Gasteiger partial charge in [-0.25, -0.2) is 0 Å². The molecule has 142 valence electrons. The van der Waals surface area contributed by atoms with Crippen molar-refractivity contribution in [1.82, 2.24) is 0 Å². The van der Waals surface area contributed by atoms with Crippen molar-refractivity contribution in [2.45, 2.75) is 44.5 Å². The molecule has 4 rings (SSSR count). The van der Waals surface area contributed by atoms with Crippen molar-refractivity contribution in [3.8, 4) is 18.2 Å². The van der Waals surface area contributed by atoms with Gasteiger partial charge in [-0.1, -0.05) is 43.1 Å². The van der Waals surface area contributed by atoms with Crippen LogP contribution >= 0.6 is 11.6 Å². The standard InChI is InChI=1S/C21H19ClN4O2/c1-2-13-7-8-21-16(9-13)20(12-25,18(26)28-21)19(10-23,11-24)17(27-21)14-5-3-4-6-15(14)22/h3-6,13,16-17,26H,2,7-9H2,1H3. The molecule has 2 saturated heterocycles. The molecule has 0 amide bonds. The molecule has 1 N–H and O–H groups in total. The maximum Gasteiger partial charge on any atom is 0.217 e. The highest BCUT2D eigenvalue weighted by molar-refractivity contribution is 6.31. The number of nitrogens with zero attached hydrogens (tertiary/aromatic N) is 3. The largest absolute Gasteiger partial charge is 0.447 e. The number of halogens is 1. The van der Waals surface area contributed by atoms with Crippen LogP contribution in [0.5, 0.6) is 0 Å². The average Bonchev–Trinajstić information content (AvgIpc) is 2.92. The lowest BCUT2D eigenvalue weighted by atomic mass is 9.50. The van der Waals surface area contributed by atoms with Crippen molar-refractivity contribution >= 4 is 17.5 Å². The SMILES string of the molecule is CCC1CCC23OC(=N)C(C#N)(C2C1)C(C#N)(C#N)C(c1ccccc1Cl)O3. The molecule has 2 bridgehead atoms. The molecule has 2 aliphatic heterocycles. The summed E-state index contributed by atoms with van der Waals surface area (Å²) in [5.74, 6) is -1.74. The van der Waals surface area contributed by atoms with Crippen molar-refractivity contribution < 1.29 is 9.47 Å². The van der Waals surface area contributed by atoms with Gasteiger partial charge in [0.1, 0.15) is 6.10 Å². The molecule has 7 heteroatoms. The van der Waals surface area contributed by atoms with Gasteiger partial charge in [0.05, 0.1) is 24.1 Å². The van der Waals surface area contributed by atoms with Crippen molar-refractivity contribution in [3.63, 3.8) is 0 Å². The summed E-state index contributed by atoms with van der Waals surface area (Å²) in [5.41, 5.74) is -3.18. The minimum Gasteiger partial charge on any atom is -0.447 e. The molecular formula is C21H19ClN4O2. The zero-order valence-electron chi connectivity index (χ0n) is 15.4. The Kier molecular flexibility index (Phi) is 4.16. The second-order valence-corrected chi connectivity index (χ2v) is 8.22. The van der Waals surface area contributed by atoms with E-state index < -0.39 is 28.6 Å². The number of nitriles is 3. The summed E-state index contributed by atoms with van der Waals surface area (Å²) in [4.78, 5) is 0. The van der Waals surface area contributed by atoms with E-state index >= 15 is 0 Å². The van der Waals surface area contributed by atoms with Gasteiger partial charge in [-0.2, -0.15) is 15.8 Å². The Morgan fingerprint density at radius 2 is 1.93 bits per heavy atom. The van der Waals surface area contributed by atoms with Gasteiger partial charge in [-0.05, 0) is 24.8 Å². The molecule has 2 heterocycles. The van der Waals surface area contributed by atoms with Gasteiger partial charge in [0.2, 0.25) is 17.1 Å². The Balaban J connectivity index is 1.99. The van der Waals surface area contributed by atoms with Crippen LogP contribution < -0.4 is 0 Å². The number of benzene rings is 1. The fourth-order valence-electron chi connectivity index (χ4n) is 5.25. The van der Waals surface area contributed by atoms with Crippen LogP contribution in [0.1, 0.15) is 44.3 Å². The third-order valence-corrected chi connectivity index (χ3v) is 7.13. The quantitative estimate of drug-likeness (QED) is 0.793. The molecule has 5 atom stereocenters. The van der Waals surface area contributed by atoms with Gasteiger partial charge in [-0.3, -0.25) is 5.41 Å². The Morgan fingerprint density at radius 1 is 1.21 bits per heavy atom. The van der Waals surface area contributed by atoms with E-state index in [9.17, 15) is 15.8 Å². The highest BCUT2D eigenvalue weighted by Gasteiger charge is 2.81. The second-order valence-electron chi connectivity index (χ2n) is 7.82. The Hall–Kier alpha value is -2.59. The van der Waals surface area contributed by atoms with E-state index in [0.29, 0.717) is 29.3 Å². The van der Waals surface area contributed by atoms with Gasteiger partial charge < -0.3 is 9.47 Å². The third-order valence-electron chi connectivity index (χ3n) is 6.78. The van der Waals surface area contributed by atoms with Gasteiger partial charge in [0.15, 0.2) is 5.41 Å². The molecule has 0 spiro atoms. The summed E-state index contributed by atoms with van der Waals surface area (Å²) < 4.78 is 12.3. The van der Waals surface area contributed by atoms with Crippen LogP contribution in [-0.2, 0) is 9.47 Å².